The van der Waals surface area contributed by atoms with E-state index in [1.165, 1.54) is 0 Å². The van der Waals surface area contributed by atoms with Crippen LogP contribution in [0.25, 0.3) is 0 Å². The van der Waals surface area contributed by atoms with E-state index >= 15 is 0 Å². The average Bonchev–Trinajstić information content (AvgIpc) is 2.81. The van der Waals surface area contributed by atoms with E-state index in [0.29, 0.717) is 0 Å². The molecule has 5 heteroatoms. The number of hydrogen-bond donors (Lipinski definition) is 0. The van der Waals surface area contributed by atoms with Gasteiger partial charge in [-0.05, 0) is 59.7 Å². The van der Waals surface area contributed by atoms with Crippen LogP contribution in [0.4, 0.5) is 11.4 Å². The maximum absolute atomic E-state index is 6.61. The SMILES string of the molecule is Brc1ccc(N=C2N(c3ccc(Br)cc3)OC2(c2ccccc2)c2ccccc2)cc1. The van der Waals surface area contributed by atoms with Gasteiger partial charge in [-0.2, -0.15) is 0 Å². The predicted molar refractivity (Wildman–Crippen MR) is 133 cm³/mol. The van der Waals surface area contributed by atoms with Crippen LogP contribution in [0.3, 0.4) is 0 Å². The van der Waals surface area contributed by atoms with Gasteiger partial charge in [-0.3, -0.25) is 0 Å². The van der Waals surface area contributed by atoms with Crippen molar-refractivity contribution in [2.24, 2.45) is 4.99 Å². The molecule has 0 atom stereocenters. The fourth-order valence-corrected chi connectivity index (χ4v) is 4.24. The predicted octanol–water partition coefficient (Wildman–Crippen LogP) is 7.64. The van der Waals surface area contributed by atoms with Crippen LogP contribution in [-0.2, 0) is 10.4 Å². The second-order valence-corrected chi connectivity index (χ2v) is 9.02. The molecule has 3 nitrogen and oxygen atoms in total. The van der Waals surface area contributed by atoms with E-state index in [1.54, 1.807) is 0 Å². The maximum atomic E-state index is 6.61. The Morgan fingerprint density at radius 3 is 1.61 bits per heavy atom. The van der Waals surface area contributed by atoms with Gasteiger partial charge >= 0.3 is 0 Å². The van der Waals surface area contributed by atoms with Crippen molar-refractivity contribution < 1.29 is 4.84 Å². The van der Waals surface area contributed by atoms with E-state index in [9.17, 15) is 0 Å². The zero-order valence-electron chi connectivity index (χ0n) is 16.5. The Morgan fingerprint density at radius 1 is 0.613 bits per heavy atom. The Bertz CT molecular complexity index is 1170. The highest BCUT2D eigenvalue weighted by atomic mass is 79.9. The molecule has 0 aliphatic carbocycles. The van der Waals surface area contributed by atoms with Crippen LogP contribution in [0, 0.1) is 0 Å². The zero-order valence-corrected chi connectivity index (χ0v) is 19.6. The van der Waals surface area contributed by atoms with E-state index in [2.05, 4.69) is 56.1 Å². The number of nitrogens with zero attached hydrogens (tertiary/aromatic N) is 2. The van der Waals surface area contributed by atoms with E-state index in [4.69, 9.17) is 9.83 Å². The van der Waals surface area contributed by atoms with Crippen LogP contribution in [-0.4, -0.2) is 5.84 Å². The van der Waals surface area contributed by atoms with Gasteiger partial charge < -0.3 is 0 Å². The third-order valence-corrected chi connectivity index (χ3v) is 6.28. The van der Waals surface area contributed by atoms with Crippen molar-refractivity contribution in [3.8, 4) is 0 Å². The van der Waals surface area contributed by atoms with Gasteiger partial charge in [0.2, 0.25) is 5.60 Å². The number of benzene rings is 4. The minimum Gasteiger partial charge on any atom is -0.243 e. The van der Waals surface area contributed by atoms with Crippen molar-refractivity contribution >= 4 is 49.1 Å². The van der Waals surface area contributed by atoms with Crippen molar-refractivity contribution in [3.05, 3.63) is 129 Å². The molecule has 0 amide bonds. The molecule has 0 N–H and O–H groups in total. The topological polar surface area (TPSA) is 24.8 Å². The molecule has 0 unspecified atom stereocenters. The molecule has 4 aromatic rings. The summed E-state index contributed by atoms with van der Waals surface area (Å²) >= 11 is 7.02. The van der Waals surface area contributed by atoms with E-state index in [-0.39, 0.29) is 0 Å². The fourth-order valence-electron chi connectivity index (χ4n) is 3.71. The molecular formula is C26H18Br2N2O. The van der Waals surface area contributed by atoms with Gasteiger partial charge in [-0.25, -0.2) is 14.9 Å². The Morgan fingerprint density at radius 2 is 1.10 bits per heavy atom. The van der Waals surface area contributed by atoms with Crippen molar-refractivity contribution in [1.29, 1.82) is 0 Å². The molecule has 0 bridgehead atoms. The van der Waals surface area contributed by atoms with Crippen LogP contribution in [0.15, 0.2) is 123 Å². The first-order chi connectivity index (χ1) is 15.2. The van der Waals surface area contributed by atoms with Crippen LogP contribution in [0.2, 0.25) is 0 Å². The standard InChI is InChI=1S/C26H18Br2N2O/c27-21-11-15-23(16-12-21)29-25-26(19-7-3-1-4-8-19,20-9-5-2-6-10-20)31-30(25)24-17-13-22(28)14-18-24/h1-18H. The van der Waals surface area contributed by atoms with Gasteiger partial charge in [0.25, 0.3) is 0 Å². The monoisotopic (exact) mass is 532 g/mol. The maximum Gasteiger partial charge on any atom is 0.206 e. The van der Waals surface area contributed by atoms with E-state index in [0.717, 1.165) is 37.3 Å². The summed E-state index contributed by atoms with van der Waals surface area (Å²) in [5, 5.41) is 1.81. The van der Waals surface area contributed by atoms with Gasteiger partial charge in [0.15, 0.2) is 5.84 Å². The number of amidine groups is 1. The van der Waals surface area contributed by atoms with Gasteiger partial charge in [-0.15, -0.1) is 0 Å². The van der Waals surface area contributed by atoms with E-state index < -0.39 is 5.60 Å². The molecule has 1 heterocycles. The summed E-state index contributed by atoms with van der Waals surface area (Å²) in [5.74, 6) is 0.814. The van der Waals surface area contributed by atoms with Crippen molar-refractivity contribution in [2.75, 3.05) is 5.06 Å². The average molecular weight is 534 g/mol. The largest absolute Gasteiger partial charge is 0.243 e. The first-order valence-corrected chi connectivity index (χ1v) is 11.5. The minimum atomic E-state index is -0.803. The molecular weight excluding hydrogens is 516 g/mol. The molecule has 1 saturated heterocycles. The highest BCUT2D eigenvalue weighted by Gasteiger charge is 2.55. The van der Waals surface area contributed by atoms with E-state index in [1.807, 2.05) is 90.0 Å². The van der Waals surface area contributed by atoms with Gasteiger partial charge in [-0.1, -0.05) is 92.5 Å². The molecule has 5 rings (SSSR count). The Kier molecular flexibility index (Phi) is 5.48. The fraction of sp³-hybridized carbons (Fsp3) is 0.0385. The van der Waals surface area contributed by atoms with Crippen LogP contribution in [0.5, 0.6) is 0 Å². The first-order valence-electron chi connectivity index (χ1n) is 9.87. The number of hydrogen-bond acceptors (Lipinski definition) is 2. The molecule has 1 aliphatic heterocycles. The van der Waals surface area contributed by atoms with Gasteiger partial charge in [0, 0.05) is 8.95 Å². The lowest BCUT2D eigenvalue weighted by atomic mass is 9.82. The quantitative estimate of drug-likeness (QED) is 0.269. The summed E-state index contributed by atoms with van der Waals surface area (Å²) in [7, 11) is 0. The lowest BCUT2D eigenvalue weighted by molar-refractivity contribution is -0.0223. The summed E-state index contributed by atoms with van der Waals surface area (Å²) in [6, 6.07) is 36.5. The first kappa shape index (κ1) is 20.2. The summed E-state index contributed by atoms with van der Waals surface area (Å²) < 4.78 is 2.03. The molecule has 152 valence electrons. The summed E-state index contributed by atoms with van der Waals surface area (Å²) in [4.78, 5) is 11.7. The number of halogens is 2. The van der Waals surface area contributed by atoms with Crippen molar-refractivity contribution in [1.82, 2.24) is 0 Å². The van der Waals surface area contributed by atoms with Gasteiger partial charge in [0.1, 0.15) is 0 Å². The number of rotatable bonds is 4. The Hall–Kier alpha value is -2.73. The highest BCUT2D eigenvalue weighted by molar-refractivity contribution is 9.10. The Labute approximate surface area is 198 Å². The second-order valence-electron chi connectivity index (χ2n) is 7.19. The minimum absolute atomic E-state index is 0.803. The van der Waals surface area contributed by atoms with Crippen molar-refractivity contribution in [3.63, 3.8) is 0 Å². The second kappa shape index (κ2) is 8.42. The lowest BCUT2D eigenvalue weighted by Gasteiger charge is -2.51. The smallest absolute Gasteiger partial charge is 0.206 e. The molecule has 4 aromatic carbocycles. The van der Waals surface area contributed by atoms with Crippen LogP contribution in [0.1, 0.15) is 11.1 Å². The van der Waals surface area contributed by atoms with Gasteiger partial charge in [0.05, 0.1) is 11.4 Å². The third-order valence-electron chi connectivity index (χ3n) is 5.22. The third kappa shape index (κ3) is 3.74. The molecule has 0 radical (unpaired) electrons. The molecule has 1 fully saturated rings. The number of hydroxylamine groups is 1. The summed E-state index contributed by atoms with van der Waals surface area (Å²) in [5.41, 5.74) is 3.04. The van der Waals surface area contributed by atoms with Crippen LogP contribution < -0.4 is 5.06 Å². The molecule has 31 heavy (non-hydrogen) atoms. The molecule has 0 saturated carbocycles. The summed E-state index contributed by atoms with van der Waals surface area (Å²) in [6.07, 6.45) is 0. The van der Waals surface area contributed by atoms with Crippen LogP contribution >= 0.6 is 31.9 Å². The number of aliphatic imine (C=N–C) groups is 1. The molecule has 0 spiro atoms. The summed E-state index contributed by atoms with van der Waals surface area (Å²) in [6.45, 7) is 0. The Balaban J connectivity index is 1.71. The molecule has 1 aliphatic rings. The van der Waals surface area contributed by atoms with Crippen molar-refractivity contribution in [2.45, 2.75) is 5.60 Å². The normalized spacial score (nSPS) is 16.2. The number of anilines is 1. The highest BCUT2D eigenvalue weighted by Crippen LogP contribution is 2.47. The molecule has 0 aromatic heterocycles. The zero-order chi connectivity index (χ0) is 21.3. The lowest BCUT2D eigenvalue weighted by Crippen LogP contribution is -2.63.